The van der Waals surface area contributed by atoms with Crippen molar-refractivity contribution in [3.63, 3.8) is 0 Å². The van der Waals surface area contributed by atoms with Gasteiger partial charge < -0.3 is 14.8 Å². The molecule has 5 rings (SSSR count). The summed E-state index contributed by atoms with van der Waals surface area (Å²) >= 11 is 0. The molecule has 4 aromatic rings. The van der Waals surface area contributed by atoms with E-state index in [1.54, 1.807) is 12.3 Å². The number of ketones is 1. The van der Waals surface area contributed by atoms with Gasteiger partial charge in [-0.3, -0.25) is 9.78 Å². The molecule has 0 bridgehead atoms. The molecule has 0 atom stereocenters. The first-order valence-electron chi connectivity index (χ1n) is 10.5. The summed E-state index contributed by atoms with van der Waals surface area (Å²) in [5, 5.41) is 5.41. The summed E-state index contributed by atoms with van der Waals surface area (Å²) in [7, 11) is 3.98. The highest BCUT2D eigenvalue weighted by Gasteiger charge is 2.26. The second kappa shape index (κ2) is 7.96. The van der Waals surface area contributed by atoms with E-state index >= 15 is 0 Å². The van der Waals surface area contributed by atoms with Gasteiger partial charge in [-0.1, -0.05) is 12.1 Å². The first kappa shape index (κ1) is 19.5. The normalized spacial score (nSPS) is 14.1. The van der Waals surface area contributed by atoms with E-state index in [4.69, 9.17) is 0 Å². The van der Waals surface area contributed by atoms with Crippen molar-refractivity contribution in [1.82, 2.24) is 19.9 Å². The van der Waals surface area contributed by atoms with E-state index in [9.17, 15) is 4.79 Å². The molecule has 1 N–H and O–H groups in total. The van der Waals surface area contributed by atoms with Crippen molar-refractivity contribution >= 4 is 22.4 Å². The van der Waals surface area contributed by atoms with Crippen LogP contribution < -0.4 is 10.2 Å². The van der Waals surface area contributed by atoms with E-state index in [0.717, 1.165) is 40.9 Å². The zero-order valence-corrected chi connectivity index (χ0v) is 17.7. The Balaban J connectivity index is 1.35. The molecule has 1 saturated heterocycles. The fourth-order valence-corrected chi connectivity index (χ4v) is 4.02. The van der Waals surface area contributed by atoms with E-state index in [0.29, 0.717) is 11.6 Å². The van der Waals surface area contributed by atoms with Gasteiger partial charge in [0.25, 0.3) is 0 Å². The molecule has 6 heteroatoms. The number of nitrogens with zero attached hydrogens (tertiary/aromatic N) is 4. The number of aromatic nitrogens is 3. The molecular formula is C25H25N5O. The number of carbonyl (C=O) groups is 1. The number of nitrogens with one attached hydrogen (secondary N) is 1. The highest BCUT2D eigenvalue weighted by molar-refractivity contribution is 5.98. The lowest BCUT2D eigenvalue weighted by molar-refractivity contribution is 0.0992. The van der Waals surface area contributed by atoms with Crippen LogP contribution in [0.5, 0.6) is 0 Å². The predicted octanol–water partition coefficient (Wildman–Crippen LogP) is 3.47. The fourth-order valence-electron chi connectivity index (χ4n) is 4.02. The van der Waals surface area contributed by atoms with Crippen molar-refractivity contribution in [2.24, 2.45) is 7.05 Å². The molecular weight excluding hydrogens is 386 g/mol. The van der Waals surface area contributed by atoms with Crippen LogP contribution in [0.1, 0.15) is 16.1 Å². The van der Waals surface area contributed by atoms with Crippen LogP contribution in [-0.2, 0) is 13.5 Å². The topological polar surface area (TPSA) is 63.1 Å². The summed E-state index contributed by atoms with van der Waals surface area (Å²) in [6.45, 7) is 1.83. The Kier molecular flexibility index (Phi) is 5.00. The molecule has 1 aliphatic rings. The van der Waals surface area contributed by atoms with Crippen LogP contribution in [0.15, 0.2) is 67.3 Å². The Bertz CT molecular complexity index is 1260. The lowest BCUT2D eigenvalue weighted by Gasteiger charge is -2.40. The number of likely N-dealkylation sites (N-methyl/N-ethyl adjacent to an activating group) is 1. The third-order valence-corrected chi connectivity index (χ3v) is 5.97. The minimum absolute atomic E-state index is 0.0559. The zero-order chi connectivity index (χ0) is 21.4. The molecule has 0 saturated carbocycles. The summed E-state index contributed by atoms with van der Waals surface area (Å²) in [5.41, 5.74) is 3.79. The van der Waals surface area contributed by atoms with Crippen LogP contribution in [0.3, 0.4) is 0 Å². The SMILES string of the molecule is CNC1CN(c2cc(C(=O)Cc3cc4cc(-c5ccn(C)c5)ccc4cn3)ccn2)C1. The Morgan fingerprint density at radius 1 is 1.06 bits per heavy atom. The lowest BCUT2D eigenvalue weighted by Crippen LogP contribution is -2.57. The van der Waals surface area contributed by atoms with Gasteiger partial charge in [-0.15, -0.1) is 0 Å². The third-order valence-electron chi connectivity index (χ3n) is 5.97. The summed E-state index contributed by atoms with van der Waals surface area (Å²) in [6.07, 6.45) is 7.98. The van der Waals surface area contributed by atoms with Crippen LogP contribution in [0, 0.1) is 0 Å². The molecule has 156 valence electrons. The quantitative estimate of drug-likeness (QED) is 0.492. The van der Waals surface area contributed by atoms with Gasteiger partial charge in [-0.25, -0.2) is 4.98 Å². The maximum atomic E-state index is 12.9. The average Bonchev–Trinajstić information content (AvgIpc) is 3.19. The predicted molar refractivity (Wildman–Crippen MR) is 123 cm³/mol. The summed E-state index contributed by atoms with van der Waals surface area (Å²) in [5.74, 6) is 0.914. The number of Topliss-reactive ketones (excluding diaryl/α,β-unsaturated/α-hetero) is 1. The van der Waals surface area contributed by atoms with E-state index < -0.39 is 0 Å². The number of rotatable bonds is 6. The van der Waals surface area contributed by atoms with Gasteiger partial charge in [-0.05, 0) is 53.9 Å². The summed E-state index contributed by atoms with van der Waals surface area (Å²) in [4.78, 5) is 24.1. The molecule has 31 heavy (non-hydrogen) atoms. The molecule has 3 aromatic heterocycles. The van der Waals surface area contributed by atoms with Gasteiger partial charge in [0.05, 0.1) is 6.42 Å². The van der Waals surface area contributed by atoms with Crippen LogP contribution >= 0.6 is 0 Å². The largest absolute Gasteiger partial charge is 0.357 e. The Hall–Kier alpha value is -3.51. The Labute approximate surface area is 181 Å². The monoisotopic (exact) mass is 411 g/mol. The Morgan fingerprint density at radius 3 is 2.71 bits per heavy atom. The fraction of sp³-hybridized carbons (Fsp3) is 0.240. The highest BCUT2D eigenvalue weighted by Crippen LogP contribution is 2.25. The second-order valence-corrected chi connectivity index (χ2v) is 8.20. The van der Waals surface area contributed by atoms with E-state index in [-0.39, 0.29) is 12.2 Å². The molecule has 6 nitrogen and oxygen atoms in total. The van der Waals surface area contributed by atoms with Crippen LogP contribution in [-0.4, -0.2) is 46.5 Å². The van der Waals surface area contributed by atoms with Gasteiger partial charge in [0.1, 0.15) is 5.82 Å². The molecule has 1 aromatic carbocycles. The lowest BCUT2D eigenvalue weighted by atomic mass is 10.0. The van der Waals surface area contributed by atoms with Gasteiger partial charge in [0, 0.05) is 67.6 Å². The van der Waals surface area contributed by atoms with Crippen molar-refractivity contribution in [3.05, 3.63) is 78.5 Å². The maximum absolute atomic E-state index is 12.9. The zero-order valence-electron chi connectivity index (χ0n) is 17.7. The molecule has 0 radical (unpaired) electrons. The number of hydrogen-bond donors (Lipinski definition) is 1. The number of fused-ring (bicyclic) bond motifs is 1. The van der Waals surface area contributed by atoms with Crippen LogP contribution in [0.4, 0.5) is 5.82 Å². The highest BCUT2D eigenvalue weighted by atomic mass is 16.1. The van der Waals surface area contributed by atoms with Crippen LogP contribution in [0.25, 0.3) is 21.9 Å². The van der Waals surface area contributed by atoms with Crippen LogP contribution in [0.2, 0.25) is 0 Å². The van der Waals surface area contributed by atoms with Gasteiger partial charge in [0.15, 0.2) is 5.78 Å². The van der Waals surface area contributed by atoms with Crippen molar-refractivity contribution in [3.8, 4) is 11.1 Å². The first-order chi connectivity index (χ1) is 15.1. The average molecular weight is 412 g/mol. The van der Waals surface area contributed by atoms with Gasteiger partial charge >= 0.3 is 0 Å². The number of hydrogen-bond acceptors (Lipinski definition) is 5. The number of pyridine rings is 2. The minimum Gasteiger partial charge on any atom is -0.357 e. The molecule has 0 unspecified atom stereocenters. The molecule has 1 aliphatic heterocycles. The molecule has 0 aliphatic carbocycles. The molecule has 1 fully saturated rings. The number of carbonyl (C=O) groups excluding carboxylic acids is 1. The van der Waals surface area contributed by atoms with E-state index in [2.05, 4.69) is 50.6 Å². The van der Waals surface area contributed by atoms with Crippen molar-refractivity contribution in [2.75, 3.05) is 25.0 Å². The smallest absolute Gasteiger partial charge is 0.169 e. The number of aryl methyl sites for hydroxylation is 1. The van der Waals surface area contributed by atoms with E-state index in [1.165, 1.54) is 5.56 Å². The second-order valence-electron chi connectivity index (χ2n) is 8.20. The number of anilines is 1. The van der Waals surface area contributed by atoms with Gasteiger partial charge in [-0.2, -0.15) is 0 Å². The summed E-state index contributed by atoms with van der Waals surface area (Å²) in [6, 6.07) is 14.6. The van der Waals surface area contributed by atoms with Crippen molar-refractivity contribution < 1.29 is 4.79 Å². The third kappa shape index (κ3) is 3.94. The first-order valence-corrected chi connectivity index (χ1v) is 10.5. The van der Waals surface area contributed by atoms with Gasteiger partial charge in [0.2, 0.25) is 0 Å². The molecule has 0 spiro atoms. The van der Waals surface area contributed by atoms with Crippen molar-refractivity contribution in [1.29, 1.82) is 0 Å². The molecule has 0 amide bonds. The standard InChI is InChI=1S/C25H25N5O/c1-26-23-15-30(16-23)25-11-18(5-7-27-25)24(31)12-22-10-21-9-17(3-4-19(21)13-28-22)20-6-8-29(2)14-20/h3-11,13-14,23,26H,12,15-16H2,1-2H3. The molecule has 4 heterocycles. The number of benzene rings is 1. The maximum Gasteiger partial charge on any atom is 0.169 e. The van der Waals surface area contributed by atoms with Crippen molar-refractivity contribution in [2.45, 2.75) is 12.5 Å². The van der Waals surface area contributed by atoms with E-state index in [1.807, 2.05) is 43.2 Å². The minimum atomic E-state index is 0.0559. The summed E-state index contributed by atoms with van der Waals surface area (Å²) < 4.78 is 2.04. The Morgan fingerprint density at radius 2 is 1.94 bits per heavy atom.